The minimum absolute atomic E-state index is 0.0235. The molecule has 0 aliphatic carbocycles. The van der Waals surface area contributed by atoms with E-state index in [1.807, 2.05) is 25.1 Å². The van der Waals surface area contributed by atoms with Crippen LogP contribution in [-0.4, -0.2) is 18.2 Å². The lowest BCUT2D eigenvalue weighted by atomic mass is 9.98. The molecule has 0 saturated heterocycles. The van der Waals surface area contributed by atoms with E-state index in [0.717, 1.165) is 12.8 Å². The van der Waals surface area contributed by atoms with Crippen LogP contribution >= 0.6 is 0 Å². The quantitative estimate of drug-likeness (QED) is 0.752. The van der Waals surface area contributed by atoms with E-state index < -0.39 is 5.54 Å². The van der Waals surface area contributed by atoms with Crippen LogP contribution in [0.15, 0.2) is 30.3 Å². The minimum Gasteiger partial charge on any atom is -0.378 e. The third-order valence-electron chi connectivity index (χ3n) is 2.82. The number of aryl methyl sites for hydroxylation is 1. The number of nitrogens with zero attached hydrogens (tertiary/aromatic N) is 1. The Balaban J connectivity index is 2.17. The summed E-state index contributed by atoms with van der Waals surface area (Å²) in [7, 11) is 0. The topological polar surface area (TPSA) is 59.0 Å². The van der Waals surface area contributed by atoms with Gasteiger partial charge in [0.25, 0.3) is 0 Å². The van der Waals surface area contributed by atoms with Crippen molar-refractivity contribution in [3.05, 3.63) is 35.9 Å². The Morgan fingerprint density at radius 1 is 1.39 bits per heavy atom. The van der Waals surface area contributed by atoms with Crippen LogP contribution < -0.4 is 5.73 Å². The molecule has 1 aromatic rings. The number of hydrogen-bond acceptors (Lipinski definition) is 3. The van der Waals surface area contributed by atoms with Crippen molar-refractivity contribution >= 4 is 0 Å². The molecule has 2 unspecified atom stereocenters. The van der Waals surface area contributed by atoms with Crippen LogP contribution in [0, 0.1) is 11.3 Å². The maximum absolute atomic E-state index is 8.83. The maximum Gasteiger partial charge on any atom is 0.103 e. The second-order valence-corrected chi connectivity index (χ2v) is 5.00. The zero-order valence-corrected chi connectivity index (χ0v) is 11.2. The molecule has 1 rings (SSSR count). The molecule has 0 fully saturated rings. The van der Waals surface area contributed by atoms with Gasteiger partial charge in [0.15, 0.2) is 0 Å². The van der Waals surface area contributed by atoms with Crippen LogP contribution in [-0.2, 0) is 11.2 Å². The van der Waals surface area contributed by atoms with Gasteiger partial charge in [-0.1, -0.05) is 30.3 Å². The zero-order valence-electron chi connectivity index (χ0n) is 11.2. The SMILES string of the molecule is CC(CC(C)(N)C#N)OCCCc1ccccc1. The van der Waals surface area contributed by atoms with Gasteiger partial charge in [-0.2, -0.15) is 5.26 Å². The van der Waals surface area contributed by atoms with Gasteiger partial charge in [0, 0.05) is 13.0 Å². The van der Waals surface area contributed by atoms with E-state index in [2.05, 4.69) is 18.2 Å². The van der Waals surface area contributed by atoms with Crippen molar-refractivity contribution in [2.75, 3.05) is 6.61 Å². The van der Waals surface area contributed by atoms with Crippen molar-refractivity contribution in [3.63, 3.8) is 0 Å². The van der Waals surface area contributed by atoms with Crippen LogP contribution in [0.5, 0.6) is 0 Å². The summed E-state index contributed by atoms with van der Waals surface area (Å²) in [5.74, 6) is 0. The summed E-state index contributed by atoms with van der Waals surface area (Å²) >= 11 is 0. The second-order valence-electron chi connectivity index (χ2n) is 5.00. The molecular formula is C15H22N2O. The number of hydrogen-bond donors (Lipinski definition) is 1. The highest BCUT2D eigenvalue weighted by atomic mass is 16.5. The van der Waals surface area contributed by atoms with E-state index >= 15 is 0 Å². The van der Waals surface area contributed by atoms with Gasteiger partial charge in [-0.3, -0.25) is 0 Å². The summed E-state index contributed by atoms with van der Waals surface area (Å²) in [5.41, 5.74) is 6.31. The van der Waals surface area contributed by atoms with E-state index in [4.69, 9.17) is 15.7 Å². The van der Waals surface area contributed by atoms with E-state index in [1.165, 1.54) is 5.56 Å². The number of nitrogens with two attached hydrogens (primary N) is 1. The molecule has 0 amide bonds. The largest absolute Gasteiger partial charge is 0.378 e. The Bertz CT molecular complexity index is 381. The van der Waals surface area contributed by atoms with Crippen LogP contribution in [0.2, 0.25) is 0 Å². The lowest BCUT2D eigenvalue weighted by Gasteiger charge is -2.20. The van der Waals surface area contributed by atoms with Crippen LogP contribution in [0.25, 0.3) is 0 Å². The molecule has 0 saturated carbocycles. The predicted molar refractivity (Wildman–Crippen MR) is 73.0 cm³/mol. The Hall–Kier alpha value is -1.37. The molecule has 98 valence electrons. The summed E-state index contributed by atoms with van der Waals surface area (Å²) in [6, 6.07) is 12.4. The first-order chi connectivity index (χ1) is 8.53. The van der Waals surface area contributed by atoms with Gasteiger partial charge in [-0.25, -0.2) is 0 Å². The monoisotopic (exact) mass is 246 g/mol. The van der Waals surface area contributed by atoms with Crippen molar-refractivity contribution in [2.24, 2.45) is 5.73 Å². The highest BCUT2D eigenvalue weighted by Crippen LogP contribution is 2.11. The fourth-order valence-electron chi connectivity index (χ4n) is 1.91. The van der Waals surface area contributed by atoms with E-state index in [1.54, 1.807) is 6.92 Å². The second kappa shape index (κ2) is 7.15. The van der Waals surface area contributed by atoms with Gasteiger partial charge in [-0.15, -0.1) is 0 Å². The van der Waals surface area contributed by atoms with Gasteiger partial charge in [0.2, 0.25) is 0 Å². The Morgan fingerprint density at radius 3 is 2.67 bits per heavy atom. The molecule has 0 spiro atoms. The molecule has 3 nitrogen and oxygen atoms in total. The van der Waals surface area contributed by atoms with Crippen LogP contribution in [0.1, 0.15) is 32.3 Å². The number of benzene rings is 1. The van der Waals surface area contributed by atoms with Gasteiger partial charge < -0.3 is 10.5 Å². The maximum atomic E-state index is 8.83. The normalized spacial score (nSPS) is 15.7. The average Bonchev–Trinajstić information content (AvgIpc) is 2.35. The summed E-state index contributed by atoms with van der Waals surface area (Å²) in [4.78, 5) is 0. The highest BCUT2D eigenvalue weighted by Gasteiger charge is 2.21. The molecule has 0 heterocycles. The number of ether oxygens (including phenoxy) is 1. The van der Waals surface area contributed by atoms with Gasteiger partial charge in [-0.05, 0) is 32.3 Å². The third-order valence-corrected chi connectivity index (χ3v) is 2.82. The summed E-state index contributed by atoms with van der Waals surface area (Å²) in [6.45, 7) is 4.40. The standard InChI is InChI=1S/C15H22N2O/c1-13(11-15(2,17)12-16)18-10-6-9-14-7-4-3-5-8-14/h3-5,7-8,13H,6,9-11,17H2,1-2H3. The molecule has 2 N–H and O–H groups in total. The molecule has 0 aliphatic rings. The first-order valence-corrected chi connectivity index (χ1v) is 6.39. The Labute approximate surface area is 110 Å². The van der Waals surface area contributed by atoms with Crippen molar-refractivity contribution in [1.82, 2.24) is 0 Å². The number of nitriles is 1. The lowest BCUT2D eigenvalue weighted by Crippen LogP contribution is -2.38. The lowest BCUT2D eigenvalue weighted by molar-refractivity contribution is 0.0502. The van der Waals surface area contributed by atoms with E-state index in [0.29, 0.717) is 13.0 Å². The molecule has 18 heavy (non-hydrogen) atoms. The van der Waals surface area contributed by atoms with E-state index in [-0.39, 0.29) is 6.10 Å². The third kappa shape index (κ3) is 5.81. The zero-order chi connectivity index (χ0) is 13.4. The minimum atomic E-state index is -0.793. The fraction of sp³-hybridized carbons (Fsp3) is 0.533. The Kier molecular flexibility index (Phi) is 5.84. The molecule has 0 radical (unpaired) electrons. The molecule has 3 heteroatoms. The average molecular weight is 246 g/mol. The van der Waals surface area contributed by atoms with Crippen molar-refractivity contribution < 1.29 is 4.74 Å². The summed E-state index contributed by atoms with van der Waals surface area (Å²) in [6.07, 6.45) is 2.60. The molecule has 0 aliphatic heterocycles. The van der Waals surface area contributed by atoms with Crippen LogP contribution in [0.3, 0.4) is 0 Å². The van der Waals surface area contributed by atoms with Crippen LogP contribution in [0.4, 0.5) is 0 Å². The van der Waals surface area contributed by atoms with Crippen molar-refractivity contribution in [3.8, 4) is 6.07 Å². The molecule has 1 aromatic carbocycles. The first-order valence-electron chi connectivity index (χ1n) is 6.39. The predicted octanol–water partition coefficient (Wildman–Crippen LogP) is 2.66. The fourth-order valence-corrected chi connectivity index (χ4v) is 1.91. The smallest absolute Gasteiger partial charge is 0.103 e. The molecular weight excluding hydrogens is 224 g/mol. The Morgan fingerprint density at radius 2 is 2.06 bits per heavy atom. The van der Waals surface area contributed by atoms with E-state index in [9.17, 15) is 0 Å². The molecule has 0 bridgehead atoms. The molecule has 0 aromatic heterocycles. The summed E-state index contributed by atoms with van der Waals surface area (Å²) < 4.78 is 5.67. The first kappa shape index (κ1) is 14.7. The van der Waals surface area contributed by atoms with Crippen molar-refractivity contribution in [1.29, 1.82) is 5.26 Å². The number of rotatable bonds is 7. The van der Waals surface area contributed by atoms with Gasteiger partial charge >= 0.3 is 0 Å². The molecule has 2 atom stereocenters. The van der Waals surface area contributed by atoms with Gasteiger partial charge in [0.1, 0.15) is 5.54 Å². The summed E-state index contributed by atoms with van der Waals surface area (Å²) in [5, 5.41) is 8.83. The van der Waals surface area contributed by atoms with Gasteiger partial charge in [0.05, 0.1) is 12.2 Å². The van der Waals surface area contributed by atoms with Crippen molar-refractivity contribution in [2.45, 2.75) is 44.8 Å². The highest BCUT2D eigenvalue weighted by molar-refractivity contribution is 5.14.